The van der Waals surface area contributed by atoms with Crippen molar-refractivity contribution in [3.63, 3.8) is 0 Å². The van der Waals surface area contributed by atoms with E-state index in [1.807, 2.05) is 24.3 Å². The molecular weight excluding hydrogens is 478 g/mol. The number of aromatic nitrogens is 2. The third kappa shape index (κ3) is 4.35. The van der Waals surface area contributed by atoms with Gasteiger partial charge >= 0.3 is 6.18 Å². The van der Waals surface area contributed by atoms with Crippen LogP contribution in [0.5, 0.6) is 0 Å². The van der Waals surface area contributed by atoms with Crippen molar-refractivity contribution < 1.29 is 32.3 Å². The number of hydrogen-bond acceptors (Lipinski definition) is 4. The quantitative estimate of drug-likeness (QED) is 0.300. The van der Waals surface area contributed by atoms with Crippen molar-refractivity contribution in [3.8, 4) is 0 Å². The molecule has 2 atom stereocenters. The lowest BCUT2D eigenvalue weighted by Crippen LogP contribution is -2.18. The zero-order valence-corrected chi connectivity index (χ0v) is 18.6. The molecule has 1 aliphatic rings. The molecule has 36 heavy (non-hydrogen) atoms. The van der Waals surface area contributed by atoms with E-state index in [2.05, 4.69) is 10.3 Å². The third-order valence-electron chi connectivity index (χ3n) is 6.36. The van der Waals surface area contributed by atoms with Crippen molar-refractivity contribution >= 4 is 23.0 Å². The molecule has 2 heterocycles. The van der Waals surface area contributed by atoms with Gasteiger partial charge in [-0.25, -0.2) is 9.37 Å². The molecule has 2 N–H and O–H groups in total. The van der Waals surface area contributed by atoms with Gasteiger partial charge in [0, 0.05) is 24.1 Å². The summed E-state index contributed by atoms with van der Waals surface area (Å²) in [5.74, 6) is -2.33. The lowest BCUT2D eigenvalue weighted by Gasteiger charge is -2.15. The summed E-state index contributed by atoms with van der Waals surface area (Å²) in [7, 11) is 0. The van der Waals surface area contributed by atoms with Crippen LogP contribution in [0.2, 0.25) is 0 Å². The minimum absolute atomic E-state index is 0.00595. The predicted molar refractivity (Wildman–Crippen MR) is 122 cm³/mol. The van der Waals surface area contributed by atoms with E-state index in [-0.39, 0.29) is 34.8 Å². The third-order valence-corrected chi connectivity index (χ3v) is 6.36. The number of alkyl halides is 3. The summed E-state index contributed by atoms with van der Waals surface area (Å²) in [5.41, 5.74) is 0.631. The van der Waals surface area contributed by atoms with Crippen molar-refractivity contribution in [3.05, 3.63) is 101 Å². The molecule has 0 spiro atoms. The highest BCUT2D eigenvalue weighted by atomic mass is 19.4. The minimum Gasteiger partial charge on any atom is -0.392 e. The highest BCUT2D eigenvalue weighted by molar-refractivity contribution is 6.05. The van der Waals surface area contributed by atoms with Crippen molar-refractivity contribution in [1.82, 2.24) is 9.38 Å². The number of carbonyl (C=O) groups excluding carboxylic acids is 2. The number of imidazole rings is 1. The van der Waals surface area contributed by atoms with Gasteiger partial charge in [-0.3, -0.25) is 14.0 Å². The number of pyridine rings is 1. The van der Waals surface area contributed by atoms with Gasteiger partial charge in [0.1, 0.15) is 17.2 Å². The van der Waals surface area contributed by atoms with E-state index < -0.39 is 35.5 Å². The maximum Gasteiger partial charge on any atom is 0.416 e. The number of fused-ring (bicyclic) bond motifs is 2. The Hall–Kier alpha value is -4.05. The molecule has 2 aromatic carbocycles. The fourth-order valence-electron chi connectivity index (χ4n) is 4.53. The maximum atomic E-state index is 14.5. The number of benzene rings is 2. The summed E-state index contributed by atoms with van der Waals surface area (Å²) in [6.07, 6.45) is -2.69. The molecule has 1 amide bonds. The van der Waals surface area contributed by atoms with Gasteiger partial charge in [0.05, 0.1) is 23.6 Å². The number of rotatable bonds is 5. The number of halogens is 4. The van der Waals surface area contributed by atoms with Gasteiger partial charge in [0.2, 0.25) is 0 Å². The summed E-state index contributed by atoms with van der Waals surface area (Å²) < 4.78 is 54.5. The lowest BCUT2D eigenvalue weighted by molar-refractivity contribution is -0.137. The Morgan fingerprint density at radius 1 is 1.11 bits per heavy atom. The average Bonchev–Trinajstić information content (AvgIpc) is 3.40. The molecule has 0 radical (unpaired) electrons. The van der Waals surface area contributed by atoms with Gasteiger partial charge < -0.3 is 10.4 Å². The molecule has 0 bridgehead atoms. The second kappa shape index (κ2) is 8.87. The number of Topliss-reactive ketones (excluding diaryl/α,β-unsaturated/α-hetero) is 1. The molecular formula is C26H19F4N3O3. The normalized spacial score (nSPS) is 17.2. The number of aliphatic hydroxyl groups excluding tert-OH is 1. The molecule has 1 aliphatic carbocycles. The van der Waals surface area contributed by atoms with E-state index in [0.29, 0.717) is 6.42 Å². The maximum absolute atomic E-state index is 14.5. The largest absolute Gasteiger partial charge is 0.416 e. The molecule has 184 valence electrons. The molecule has 2 aromatic heterocycles. The molecule has 5 rings (SSSR count). The van der Waals surface area contributed by atoms with Crippen molar-refractivity contribution in [2.24, 2.45) is 0 Å². The first-order valence-corrected chi connectivity index (χ1v) is 11.1. The van der Waals surface area contributed by atoms with Crippen LogP contribution in [0.4, 0.5) is 23.2 Å². The van der Waals surface area contributed by atoms with Gasteiger partial charge in [0.15, 0.2) is 5.78 Å². The summed E-state index contributed by atoms with van der Waals surface area (Å²) in [5, 5.41) is 12.8. The smallest absolute Gasteiger partial charge is 0.392 e. The van der Waals surface area contributed by atoms with Crippen LogP contribution in [0.15, 0.2) is 67.0 Å². The van der Waals surface area contributed by atoms with E-state index in [0.717, 1.165) is 46.1 Å². The van der Waals surface area contributed by atoms with Crippen molar-refractivity contribution in [1.29, 1.82) is 0 Å². The molecule has 6 nitrogen and oxygen atoms in total. The van der Waals surface area contributed by atoms with E-state index in [9.17, 15) is 32.3 Å². The Morgan fingerprint density at radius 2 is 1.89 bits per heavy atom. The number of anilines is 1. The van der Waals surface area contributed by atoms with Gasteiger partial charge in [-0.15, -0.1) is 0 Å². The number of hydrogen-bond donors (Lipinski definition) is 2. The Labute approximate surface area is 202 Å². The minimum atomic E-state index is -4.57. The second-order valence-electron chi connectivity index (χ2n) is 8.64. The molecule has 4 aromatic rings. The first-order chi connectivity index (χ1) is 17.1. The van der Waals surface area contributed by atoms with E-state index >= 15 is 0 Å². The van der Waals surface area contributed by atoms with Gasteiger partial charge in [-0.05, 0) is 47.9 Å². The fourth-order valence-corrected chi connectivity index (χ4v) is 4.53. The monoisotopic (exact) mass is 497 g/mol. The number of aliphatic hydroxyl groups is 1. The highest BCUT2D eigenvalue weighted by Crippen LogP contribution is 2.36. The lowest BCUT2D eigenvalue weighted by atomic mass is 9.91. The first-order valence-electron chi connectivity index (χ1n) is 11.1. The number of nitrogens with zero attached hydrogens (tertiary/aromatic N) is 2. The van der Waals surface area contributed by atoms with Crippen molar-refractivity contribution in [2.75, 3.05) is 5.32 Å². The Balaban J connectivity index is 1.36. The van der Waals surface area contributed by atoms with Crippen LogP contribution in [0.25, 0.3) is 5.65 Å². The van der Waals surface area contributed by atoms with Gasteiger partial charge in [0.25, 0.3) is 5.91 Å². The van der Waals surface area contributed by atoms with Crippen LogP contribution in [0, 0.1) is 5.82 Å². The molecule has 0 saturated carbocycles. The number of ketones is 1. The van der Waals surface area contributed by atoms with Crippen LogP contribution >= 0.6 is 0 Å². The van der Waals surface area contributed by atoms with Crippen LogP contribution in [0.1, 0.15) is 49.9 Å². The summed E-state index contributed by atoms with van der Waals surface area (Å²) in [4.78, 5) is 29.6. The van der Waals surface area contributed by atoms with E-state index in [1.165, 1.54) is 12.1 Å². The second-order valence-corrected chi connectivity index (χ2v) is 8.64. The zero-order chi connectivity index (χ0) is 25.6. The average molecular weight is 497 g/mol. The summed E-state index contributed by atoms with van der Waals surface area (Å²) in [6.45, 7) is 0. The first kappa shape index (κ1) is 23.7. The molecule has 0 unspecified atom stereocenters. The van der Waals surface area contributed by atoms with Crippen LogP contribution in [-0.2, 0) is 12.6 Å². The highest BCUT2D eigenvalue weighted by Gasteiger charge is 2.33. The topological polar surface area (TPSA) is 83.7 Å². The molecule has 0 aliphatic heterocycles. The van der Waals surface area contributed by atoms with Crippen LogP contribution in [-0.4, -0.2) is 32.3 Å². The predicted octanol–water partition coefficient (Wildman–Crippen LogP) is 5.02. The van der Waals surface area contributed by atoms with Crippen LogP contribution in [0.3, 0.4) is 0 Å². The number of amides is 1. The summed E-state index contributed by atoms with van der Waals surface area (Å²) >= 11 is 0. The molecule has 10 heteroatoms. The summed E-state index contributed by atoms with van der Waals surface area (Å²) in [6, 6.07) is 12.6. The van der Waals surface area contributed by atoms with E-state index in [1.54, 1.807) is 0 Å². The Kier molecular flexibility index (Phi) is 5.83. The SMILES string of the molecule is O=C(C[C@H]1c2ccccc2C[C@H]1O)c1ccc(F)c(NC(=O)c2cnc3cc(C(F)(F)F)ccn23)c1. The standard InChI is InChI=1S/C26H19F4N3O3/c27-19-6-5-15(22(34)12-18-17-4-2-1-3-14(17)10-23(18)35)9-20(19)32-25(36)21-13-31-24-11-16(26(28,29)30)7-8-33(21)24/h1-9,11,13,18,23,35H,10,12H2,(H,32,36)/t18-,23+/m0/s1. The Bertz CT molecular complexity index is 1500. The zero-order valence-electron chi connectivity index (χ0n) is 18.6. The van der Waals surface area contributed by atoms with Gasteiger partial charge in [-0.2, -0.15) is 13.2 Å². The molecule has 0 saturated heterocycles. The van der Waals surface area contributed by atoms with Crippen molar-refractivity contribution in [2.45, 2.75) is 31.0 Å². The molecule has 0 fully saturated rings. The van der Waals surface area contributed by atoms with E-state index in [4.69, 9.17) is 0 Å². The Morgan fingerprint density at radius 3 is 2.67 bits per heavy atom. The fraction of sp³-hybridized carbons (Fsp3) is 0.192. The van der Waals surface area contributed by atoms with Crippen LogP contribution < -0.4 is 5.32 Å². The number of nitrogens with one attached hydrogen (secondary N) is 1. The number of carbonyl (C=O) groups is 2. The van der Waals surface area contributed by atoms with Gasteiger partial charge in [-0.1, -0.05) is 24.3 Å².